The van der Waals surface area contributed by atoms with Crippen LogP contribution in [0, 0.1) is 11.8 Å². The van der Waals surface area contributed by atoms with Gasteiger partial charge in [0.05, 0.1) is 5.75 Å². The van der Waals surface area contributed by atoms with Crippen LogP contribution in [0.25, 0.3) is 11.4 Å². The first-order chi connectivity index (χ1) is 10.3. The molecule has 0 spiro atoms. The summed E-state index contributed by atoms with van der Waals surface area (Å²) in [4.78, 5) is 0. The monoisotopic (exact) mass is 363 g/mol. The SMILES string of the molecule is OCC#CCSc1nnc(-c2ccc(Br)cc2)n1C1CC1. The second-order valence-corrected chi connectivity index (χ2v) is 6.57. The fraction of sp³-hybridized carbons (Fsp3) is 0.333. The predicted molar refractivity (Wildman–Crippen MR) is 87.0 cm³/mol. The lowest BCUT2D eigenvalue weighted by Gasteiger charge is -2.08. The summed E-state index contributed by atoms with van der Waals surface area (Å²) in [6.07, 6.45) is 2.36. The van der Waals surface area contributed by atoms with Gasteiger partial charge in [0.1, 0.15) is 6.61 Å². The average Bonchev–Trinajstić information content (AvgIpc) is 3.25. The number of halogens is 1. The van der Waals surface area contributed by atoms with E-state index in [9.17, 15) is 0 Å². The molecule has 1 aliphatic carbocycles. The van der Waals surface area contributed by atoms with Crippen LogP contribution < -0.4 is 0 Å². The second-order valence-electron chi connectivity index (χ2n) is 4.71. The fourth-order valence-electron chi connectivity index (χ4n) is 2.04. The van der Waals surface area contributed by atoms with E-state index in [-0.39, 0.29) is 6.61 Å². The lowest BCUT2D eigenvalue weighted by molar-refractivity contribution is 0.350. The topological polar surface area (TPSA) is 50.9 Å². The summed E-state index contributed by atoms with van der Waals surface area (Å²) in [5.41, 5.74) is 1.07. The minimum absolute atomic E-state index is 0.0972. The molecule has 1 heterocycles. The molecule has 0 saturated heterocycles. The van der Waals surface area contributed by atoms with Crippen LogP contribution in [0.1, 0.15) is 18.9 Å². The van der Waals surface area contributed by atoms with Crippen molar-refractivity contribution in [3.63, 3.8) is 0 Å². The summed E-state index contributed by atoms with van der Waals surface area (Å²) in [5, 5.41) is 18.2. The second kappa shape index (κ2) is 6.65. The predicted octanol–water partition coefficient (Wildman–Crippen LogP) is 3.13. The maximum absolute atomic E-state index is 8.67. The molecule has 4 nitrogen and oxygen atoms in total. The molecule has 1 aromatic carbocycles. The molecule has 0 radical (unpaired) electrons. The molecular formula is C15H14BrN3OS. The molecule has 1 aliphatic rings. The summed E-state index contributed by atoms with van der Waals surface area (Å²) in [6.45, 7) is -0.0972. The highest BCUT2D eigenvalue weighted by molar-refractivity contribution is 9.10. The van der Waals surface area contributed by atoms with Gasteiger partial charge >= 0.3 is 0 Å². The highest BCUT2D eigenvalue weighted by Gasteiger charge is 2.29. The van der Waals surface area contributed by atoms with Gasteiger partial charge in [0.25, 0.3) is 0 Å². The number of nitrogens with zero attached hydrogens (tertiary/aromatic N) is 3. The van der Waals surface area contributed by atoms with E-state index in [2.05, 4.69) is 42.5 Å². The third kappa shape index (κ3) is 3.49. The highest BCUT2D eigenvalue weighted by atomic mass is 79.9. The number of aliphatic hydroxyl groups excluding tert-OH is 1. The third-order valence-electron chi connectivity index (χ3n) is 3.16. The molecule has 6 heteroatoms. The molecule has 0 aliphatic heterocycles. The number of hydrogen-bond acceptors (Lipinski definition) is 4. The zero-order valence-electron chi connectivity index (χ0n) is 11.3. The molecule has 1 N–H and O–H groups in total. The molecule has 1 saturated carbocycles. The molecule has 2 aromatic rings. The van der Waals surface area contributed by atoms with E-state index < -0.39 is 0 Å². The van der Waals surface area contributed by atoms with Gasteiger partial charge in [-0.15, -0.1) is 10.2 Å². The molecule has 0 amide bonds. The van der Waals surface area contributed by atoms with Crippen molar-refractivity contribution >= 4 is 27.7 Å². The molecule has 108 valence electrons. The molecule has 0 bridgehead atoms. The van der Waals surface area contributed by atoms with Gasteiger partial charge in [0.15, 0.2) is 11.0 Å². The average molecular weight is 364 g/mol. The van der Waals surface area contributed by atoms with E-state index in [1.807, 2.05) is 24.3 Å². The summed E-state index contributed by atoms with van der Waals surface area (Å²) < 4.78 is 3.27. The van der Waals surface area contributed by atoms with E-state index in [0.717, 1.165) is 21.0 Å². The van der Waals surface area contributed by atoms with E-state index in [0.29, 0.717) is 11.8 Å². The van der Waals surface area contributed by atoms with Gasteiger partial charge in [-0.25, -0.2) is 0 Å². The minimum Gasteiger partial charge on any atom is -0.384 e. The first-order valence-corrected chi connectivity index (χ1v) is 8.47. The van der Waals surface area contributed by atoms with Crippen molar-refractivity contribution in [1.29, 1.82) is 0 Å². The van der Waals surface area contributed by atoms with Crippen molar-refractivity contribution in [2.24, 2.45) is 0 Å². The Hall–Kier alpha value is -1.29. The van der Waals surface area contributed by atoms with Crippen LogP contribution in [0.4, 0.5) is 0 Å². The highest BCUT2D eigenvalue weighted by Crippen LogP contribution is 2.41. The maximum atomic E-state index is 8.67. The summed E-state index contributed by atoms with van der Waals surface area (Å²) in [7, 11) is 0. The Kier molecular flexibility index (Phi) is 4.63. The van der Waals surface area contributed by atoms with Gasteiger partial charge < -0.3 is 5.11 Å². The number of aliphatic hydroxyl groups is 1. The first kappa shape index (κ1) is 14.6. The Labute approximate surface area is 136 Å². The summed E-state index contributed by atoms with van der Waals surface area (Å²) in [6, 6.07) is 8.63. The van der Waals surface area contributed by atoms with Crippen molar-refractivity contribution < 1.29 is 5.11 Å². The normalized spacial score (nSPS) is 13.8. The van der Waals surface area contributed by atoms with Crippen LogP contribution in [0.3, 0.4) is 0 Å². The molecule has 1 aromatic heterocycles. The molecule has 0 atom stereocenters. The minimum atomic E-state index is -0.0972. The zero-order chi connectivity index (χ0) is 14.7. The van der Waals surface area contributed by atoms with Gasteiger partial charge in [0.2, 0.25) is 0 Å². The van der Waals surface area contributed by atoms with Gasteiger partial charge in [0, 0.05) is 16.1 Å². The van der Waals surface area contributed by atoms with Gasteiger partial charge in [-0.05, 0) is 25.0 Å². The van der Waals surface area contributed by atoms with Crippen molar-refractivity contribution in [2.75, 3.05) is 12.4 Å². The van der Waals surface area contributed by atoms with Crippen LogP contribution >= 0.6 is 27.7 Å². The lowest BCUT2D eigenvalue weighted by atomic mass is 10.2. The van der Waals surface area contributed by atoms with E-state index in [1.54, 1.807) is 11.8 Å². The van der Waals surface area contributed by atoms with E-state index >= 15 is 0 Å². The largest absolute Gasteiger partial charge is 0.384 e. The maximum Gasteiger partial charge on any atom is 0.192 e. The van der Waals surface area contributed by atoms with E-state index in [1.165, 1.54) is 12.8 Å². The van der Waals surface area contributed by atoms with Gasteiger partial charge in [-0.2, -0.15) is 0 Å². The van der Waals surface area contributed by atoms with Crippen LogP contribution in [-0.4, -0.2) is 32.2 Å². The van der Waals surface area contributed by atoms with Crippen LogP contribution in [0.15, 0.2) is 33.9 Å². The number of thioether (sulfide) groups is 1. The summed E-state index contributed by atoms with van der Waals surface area (Å²) >= 11 is 5.02. The number of benzene rings is 1. The van der Waals surface area contributed by atoms with Crippen LogP contribution in [0.5, 0.6) is 0 Å². The fourth-order valence-corrected chi connectivity index (χ4v) is 3.08. The Balaban J connectivity index is 1.87. The summed E-state index contributed by atoms with van der Waals surface area (Å²) in [5.74, 6) is 7.09. The Bertz CT molecular complexity index is 683. The first-order valence-electron chi connectivity index (χ1n) is 6.70. The number of hydrogen-bond donors (Lipinski definition) is 1. The lowest BCUT2D eigenvalue weighted by Crippen LogP contribution is -1.99. The van der Waals surface area contributed by atoms with Crippen molar-refractivity contribution in [2.45, 2.75) is 24.0 Å². The molecule has 3 rings (SSSR count). The molecular weight excluding hydrogens is 350 g/mol. The molecule has 0 unspecified atom stereocenters. The van der Waals surface area contributed by atoms with Gasteiger partial charge in [-0.3, -0.25) is 4.57 Å². The molecule has 1 fully saturated rings. The Morgan fingerprint density at radius 3 is 2.67 bits per heavy atom. The number of rotatable bonds is 4. The Morgan fingerprint density at radius 1 is 1.24 bits per heavy atom. The smallest absolute Gasteiger partial charge is 0.192 e. The van der Waals surface area contributed by atoms with Crippen molar-refractivity contribution in [1.82, 2.24) is 14.8 Å². The molecule has 21 heavy (non-hydrogen) atoms. The Morgan fingerprint density at radius 2 is 2.00 bits per heavy atom. The standard InChI is InChI=1S/C15H14BrN3OS/c16-12-5-3-11(4-6-12)14-17-18-15(19(14)13-7-8-13)21-10-2-1-9-20/h3-6,13,20H,7-10H2. The number of aromatic nitrogens is 3. The van der Waals surface area contributed by atoms with Crippen molar-refractivity contribution in [3.05, 3.63) is 28.7 Å². The van der Waals surface area contributed by atoms with Crippen molar-refractivity contribution in [3.8, 4) is 23.2 Å². The zero-order valence-corrected chi connectivity index (χ0v) is 13.7. The van der Waals surface area contributed by atoms with E-state index in [4.69, 9.17) is 5.11 Å². The quantitative estimate of drug-likeness (QED) is 0.669. The third-order valence-corrected chi connectivity index (χ3v) is 4.51. The van der Waals surface area contributed by atoms with Crippen LogP contribution in [0.2, 0.25) is 0 Å². The van der Waals surface area contributed by atoms with Crippen LogP contribution in [-0.2, 0) is 0 Å². The van der Waals surface area contributed by atoms with Gasteiger partial charge in [-0.1, -0.05) is 51.7 Å².